The fourth-order valence-corrected chi connectivity index (χ4v) is 19.8. The molecule has 2 aliphatic heterocycles. The lowest BCUT2D eigenvalue weighted by molar-refractivity contribution is 0.590. The number of benzene rings is 14. The van der Waals surface area contributed by atoms with Gasteiger partial charge in [-0.25, -0.2) is 0 Å². The Hall–Kier alpha value is -11.4. The van der Waals surface area contributed by atoms with E-state index in [1.165, 1.54) is 21.9 Å². The SMILES string of the molecule is [2H]c1c([2H])c([2H])c(-c2ccc3c(c2)B2c4ccc(-n5c6ccc(C(C)(C)C)cc6c6cc(C(C)(C)C)ccc65)cc4N(c4cccc5c4sc4c(-c6cccc7c6oc6ccccc67)cccc45)c4cc(C(C)(C)C)cc(c42)N3c2cccc3c2sc2c(-c4cccc5c4oc4ccccc45)cccc23)c([2H])c1[2H]. The number of aromatic nitrogens is 1. The summed E-state index contributed by atoms with van der Waals surface area (Å²) in [4.78, 5) is 5.07. The number of fused-ring (bicyclic) bond motifs is 19. The summed E-state index contributed by atoms with van der Waals surface area (Å²) >= 11 is 3.62. The predicted molar refractivity (Wildman–Crippen MR) is 448 cm³/mol. The Morgan fingerprint density at radius 3 is 1.31 bits per heavy atom. The van der Waals surface area contributed by atoms with Crippen LogP contribution in [-0.2, 0) is 16.2 Å². The average molecular weight is 1380 g/mol. The zero-order valence-corrected chi connectivity index (χ0v) is 60.8. The quantitative estimate of drug-likeness (QED) is 0.156. The molecule has 0 N–H and O–H groups in total. The normalized spacial score (nSPS) is 14.0. The summed E-state index contributed by atoms with van der Waals surface area (Å²) in [6, 6.07) is 87.2. The van der Waals surface area contributed by atoms with Crippen molar-refractivity contribution < 1.29 is 15.7 Å². The van der Waals surface area contributed by atoms with Crippen LogP contribution in [0.5, 0.6) is 0 Å². The number of hydrogen-bond acceptors (Lipinski definition) is 6. The first-order valence-corrected chi connectivity index (χ1v) is 37.6. The number of rotatable bonds is 6. The summed E-state index contributed by atoms with van der Waals surface area (Å²) in [5, 5.41) is 11.3. The maximum atomic E-state index is 9.58. The average Bonchev–Trinajstić information content (AvgIpc) is 1.68. The molecule has 14 aromatic carbocycles. The molecule has 0 fully saturated rings. The highest BCUT2D eigenvalue weighted by Crippen LogP contribution is 2.55. The van der Waals surface area contributed by atoms with Gasteiger partial charge in [0.15, 0.2) is 0 Å². The maximum Gasteiger partial charge on any atom is 0.252 e. The van der Waals surface area contributed by atoms with Crippen LogP contribution >= 0.6 is 22.7 Å². The molecular weight excluding hydrogens is 1300 g/mol. The van der Waals surface area contributed by atoms with Crippen molar-refractivity contribution in [1.29, 1.82) is 0 Å². The van der Waals surface area contributed by atoms with E-state index in [9.17, 15) is 2.74 Å². The zero-order chi connectivity index (χ0) is 74.3. The molecule has 0 radical (unpaired) electrons. The molecule has 498 valence electrons. The predicted octanol–water partition coefficient (Wildman–Crippen LogP) is 26.3. The highest BCUT2D eigenvalue weighted by Gasteiger charge is 2.46. The van der Waals surface area contributed by atoms with E-state index >= 15 is 0 Å². The fourth-order valence-electron chi connectivity index (χ4n) is 17.2. The van der Waals surface area contributed by atoms with Gasteiger partial charge >= 0.3 is 0 Å². The van der Waals surface area contributed by atoms with Crippen LogP contribution in [0.3, 0.4) is 0 Å². The Kier molecular flexibility index (Phi) is 11.9. The van der Waals surface area contributed by atoms with E-state index in [-0.39, 0.29) is 46.0 Å². The monoisotopic (exact) mass is 1380 g/mol. The molecule has 5 nitrogen and oxygen atoms in total. The summed E-state index contributed by atoms with van der Waals surface area (Å²) in [6.07, 6.45) is 0. The minimum absolute atomic E-state index is 0.0987. The first-order chi connectivity index (χ1) is 52.5. The van der Waals surface area contributed by atoms with Gasteiger partial charge in [0.1, 0.15) is 22.3 Å². The molecule has 5 aromatic heterocycles. The van der Waals surface area contributed by atoms with E-state index in [1.807, 2.05) is 35.6 Å². The van der Waals surface area contributed by atoms with Crippen LogP contribution in [0.15, 0.2) is 282 Å². The van der Waals surface area contributed by atoms with Crippen LogP contribution in [0.4, 0.5) is 34.1 Å². The first kappa shape index (κ1) is 56.2. The van der Waals surface area contributed by atoms with E-state index in [1.54, 1.807) is 11.3 Å². The van der Waals surface area contributed by atoms with Crippen LogP contribution in [0, 0.1) is 0 Å². The van der Waals surface area contributed by atoms with Gasteiger partial charge in [-0.2, -0.15) is 0 Å². The molecule has 8 heteroatoms. The van der Waals surface area contributed by atoms with Crippen LogP contribution in [0.1, 0.15) is 85.9 Å². The van der Waals surface area contributed by atoms with Crippen molar-refractivity contribution in [2.75, 3.05) is 9.80 Å². The molecule has 0 bridgehead atoms. The first-order valence-electron chi connectivity index (χ1n) is 38.5. The highest BCUT2D eigenvalue weighted by molar-refractivity contribution is 7.27. The van der Waals surface area contributed by atoms with Gasteiger partial charge in [0, 0.05) is 114 Å². The third-order valence-electron chi connectivity index (χ3n) is 22.3. The molecule has 0 unspecified atom stereocenters. The number of para-hydroxylation sites is 4. The molecule has 19 aromatic rings. The molecule has 0 saturated carbocycles. The summed E-state index contributed by atoms with van der Waals surface area (Å²) in [5.74, 6) is 0. The largest absolute Gasteiger partial charge is 0.455 e. The van der Waals surface area contributed by atoms with Gasteiger partial charge in [-0.15, -0.1) is 22.7 Å². The number of anilines is 6. The Morgan fingerprint density at radius 1 is 0.327 bits per heavy atom. The van der Waals surface area contributed by atoms with Crippen LogP contribution in [-0.4, -0.2) is 11.3 Å². The van der Waals surface area contributed by atoms with Crippen LogP contribution < -0.4 is 26.2 Å². The molecule has 2 aliphatic rings. The van der Waals surface area contributed by atoms with Crippen molar-refractivity contribution in [2.24, 2.45) is 0 Å². The smallest absolute Gasteiger partial charge is 0.252 e. The highest BCUT2D eigenvalue weighted by atomic mass is 32.1. The minimum Gasteiger partial charge on any atom is -0.455 e. The van der Waals surface area contributed by atoms with Crippen LogP contribution in [0.25, 0.3) is 145 Å². The third-order valence-corrected chi connectivity index (χ3v) is 24.9. The van der Waals surface area contributed by atoms with Crippen molar-refractivity contribution in [2.45, 2.75) is 78.6 Å². The summed E-state index contributed by atoms with van der Waals surface area (Å²) < 4.78 is 66.7. The van der Waals surface area contributed by atoms with E-state index < -0.39 is 12.8 Å². The van der Waals surface area contributed by atoms with Gasteiger partial charge in [0.2, 0.25) is 0 Å². The molecule has 0 amide bonds. The fraction of sp³-hybridized carbons (Fsp3) is 0.125. The molecule has 0 spiro atoms. The Bertz CT molecular complexity index is 7140. The lowest BCUT2D eigenvalue weighted by Gasteiger charge is -2.45. The Labute approximate surface area is 619 Å². The van der Waals surface area contributed by atoms with Crippen molar-refractivity contribution >= 4 is 186 Å². The number of thiophene rings is 2. The molecule has 7 heterocycles. The zero-order valence-electron chi connectivity index (χ0n) is 64.1. The van der Waals surface area contributed by atoms with E-state index in [0.29, 0.717) is 5.56 Å². The Balaban J connectivity index is 0.872. The molecule has 21 rings (SSSR count). The minimum atomic E-state index is -0.452. The van der Waals surface area contributed by atoms with Gasteiger partial charge in [0.25, 0.3) is 6.71 Å². The van der Waals surface area contributed by atoms with Gasteiger partial charge in [0.05, 0.1) is 38.7 Å². The molecular formula is C96H72BN3O2S2. The second kappa shape index (κ2) is 22.1. The number of furan rings is 2. The standard InChI is InChI=1S/C96H72BN3O2S2/c1-94(2,3)57-42-47-77-73(50-57)74-51-58(95(4,5)6)43-48-78(74)98(77)60-44-45-75-82(54-60)100(81-38-22-36-72-70-34-20-32-68(91(70)104-93(72)81)66-30-18-28-64-62-26-14-16-40-86(62)102-89(64)66)84-53-59(96(7,8)9)52-83-87(84)97(75)76-49-56(55-23-11-10-12-24-55)41-46-79(76)99(83)80-37-21-35-71-69-33-19-31-67(90(69)103-92(71)80)65-29-17-27-63-61-25-13-15-39-85(61)101-88(63)65/h10-54H,1-9H3/i10D,11D,12D,23D,24D. The second-order valence-corrected chi connectivity index (χ2v) is 33.6. The van der Waals surface area contributed by atoms with Gasteiger partial charge in [-0.05, 0) is 139 Å². The van der Waals surface area contributed by atoms with Crippen LogP contribution in [0.2, 0.25) is 0 Å². The molecule has 104 heavy (non-hydrogen) atoms. The van der Waals surface area contributed by atoms with E-state index in [0.717, 1.165) is 179 Å². The van der Waals surface area contributed by atoms with Gasteiger partial charge in [-0.3, -0.25) is 0 Å². The lowest BCUT2D eigenvalue weighted by Crippen LogP contribution is -2.61. The van der Waals surface area contributed by atoms with Crippen molar-refractivity contribution in [3.05, 3.63) is 290 Å². The second-order valence-electron chi connectivity index (χ2n) is 31.5. The van der Waals surface area contributed by atoms with Crippen molar-refractivity contribution in [3.8, 4) is 39.1 Å². The summed E-state index contributed by atoms with van der Waals surface area (Å²) in [5.41, 5.74) is 23.9. The topological polar surface area (TPSA) is 37.7 Å². The van der Waals surface area contributed by atoms with E-state index in [4.69, 9.17) is 12.9 Å². The summed E-state index contributed by atoms with van der Waals surface area (Å²) in [6.45, 7) is 20.3. The van der Waals surface area contributed by atoms with Gasteiger partial charge in [-0.1, -0.05) is 256 Å². The third kappa shape index (κ3) is 8.98. The number of nitrogens with zero attached hydrogens (tertiary/aromatic N) is 3. The number of hydrogen-bond donors (Lipinski definition) is 0. The van der Waals surface area contributed by atoms with Crippen molar-refractivity contribution in [1.82, 2.24) is 4.57 Å². The van der Waals surface area contributed by atoms with E-state index in [2.05, 4.69) is 295 Å². The molecule has 0 saturated heterocycles. The summed E-state index contributed by atoms with van der Waals surface area (Å²) in [7, 11) is 0. The van der Waals surface area contributed by atoms with Gasteiger partial charge < -0.3 is 23.2 Å². The molecule has 0 atom stereocenters. The lowest BCUT2D eigenvalue weighted by atomic mass is 9.33. The Morgan fingerprint density at radius 2 is 0.788 bits per heavy atom. The van der Waals surface area contributed by atoms with Crippen molar-refractivity contribution in [3.63, 3.8) is 0 Å². The maximum absolute atomic E-state index is 9.58. The molecule has 0 aliphatic carbocycles.